The summed E-state index contributed by atoms with van der Waals surface area (Å²) in [7, 11) is 0. The highest BCUT2D eigenvalue weighted by Crippen LogP contribution is 2.16. The molecule has 0 aromatic heterocycles. The number of amides is 1. The number of benzene rings is 1. The molecule has 1 heterocycles. The molecule has 0 bridgehead atoms. The highest BCUT2D eigenvalue weighted by Gasteiger charge is 2.06. The van der Waals surface area contributed by atoms with Crippen molar-refractivity contribution in [2.24, 2.45) is 0 Å². The molecule has 1 aliphatic rings. The van der Waals surface area contributed by atoms with Gasteiger partial charge in [-0.15, -0.1) is 0 Å². The van der Waals surface area contributed by atoms with E-state index >= 15 is 0 Å². The molecule has 1 aromatic carbocycles. The Labute approximate surface area is 96.4 Å². The molecule has 1 aromatic rings. The smallest absolute Gasteiger partial charge is 0.223 e. The van der Waals surface area contributed by atoms with Gasteiger partial charge in [-0.1, -0.05) is 30.3 Å². The summed E-state index contributed by atoms with van der Waals surface area (Å²) in [5.41, 5.74) is 2.63. The lowest BCUT2D eigenvalue weighted by molar-refractivity contribution is -0.120. The quantitative estimate of drug-likeness (QED) is 0.807. The Morgan fingerprint density at radius 2 is 1.81 bits per heavy atom. The third-order valence-corrected chi connectivity index (χ3v) is 2.86. The molecule has 2 heteroatoms. The SMILES string of the molecule is O=C1CCCC/C(Cc2ccccc2)=C\N1. The van der Waals surface area contributed by atoms with E-state index in [1.807, 2.05) is 12.3 Å². The van der Waals surface area contributed by atoms with Gasteiger partial charge in [0.15, 0.2) is 0 Å². The minimum absolute atomic E-state index is 0.144. The third-order valence-electron chi connectivity index (χ3n) is 2.86. The van der Waals surface area contributed by atoms with Crippen molar-refractivity contribution in [3.8, 4) is 0 Å². The maximum absolute atomic E-state index is 11.3. The Balaban J connectivity index is 2.02. The van der Waals surface area contributed by atoms with Crippen molar-refractivity contribution >= 4 is 5.91 Å². The van der Waals surface area contributed by atoms with E-state index in [-0.39, 0.29) is 5.91 Å². The van der Waals surface area contributed by atoms with Crippen LogP contribution in [0.1, 0.15) is 31.2 Å². The van der Waals surface area contributed by atoms with Gasteiger partial charge in [-0.2, -0.15) is 0 Å². The summed E-state index contributed by atoms with van der Waals surface area (Å²) in [5.74, 6) is 0.144. The standard InChI is InChI=1S/C14H17NO/c16-14-9-5-4-8-13(11-15-14)10-12-6-2-1-3-7-12/h1-3,6-7,11H,4-5,8-10H2,(H,15,16)/b13-11+. The molecule has 16 heavy (non-hydrogen) atoms. The van der Waals surface area contributed by atoms with Gasteiger partial charge in [0.2, 0.25) is 5.91 Å². The van der Waals surface area contributed by atoms with Gasteiger partial charge in [0, 0.05) is 12.6 Å². The van der Waals surface area contributed by atoms with Crippen molar-refractivity contribution in [3.05, 3.63) is 47.7 Å². The molecule has 0 radical (unpaired) electrons. The topological polar surface area (TPSA) is 29.1 Å². The maximum Gasteiger partial charge on any atom is 0.223 e. The number of rotatable bonds is 2. The molecule has 0 fully saturated rings. The number of hydrogen-bond acceptors (Lipinski definition) is 1. The molecule has 0 spiro atoms. The molecular weight excluding hydrogens is 198 g/mol. The largest absolute Gasteiger partial charge is 0.333 e. The lowest BCUT2D eigenvalue weighted by atomic mass is 9.99. The molecule has 0 saturated carbocycles. The van der Waals surface area contributed by atoms with Crippen LogP contribution in [0, 0.1) is 0 Å². The van der Waals surface area contributed by atoms with Crippen LogP contribution in [0.15, 0.2) is 42.1 Å². The van der Waals surface area contributed by atoms with Crippen molar-refractivity contribution < 1.29 is 4.79 Å². The number of hydrogen-bond donors (Lipinski definition) is 1. The Bertz CT molecular complexity index is 381. The summed E-state index contributed by atoms with van der Waals surface area (Å²) in [5, 5.41) is 2.85. The van der Waals surface area contributed by atoms with E-state index < -0.39 is 0 Å². The second-order valence-corrected chi connectivity index (χ2v) is 4.24. The van der Waals surface area contributed by atoms with Crippen LogP contribution >= 0.6 is 0 Å². The van der Waals surface area contributed by atoms with Crippen LogP contribution < -0.4 is 5.32 Å². The van der Waals surface area contributed by atoms with Gasteiger partial charge in [-0.3, -0.25) is 4.79 Å². The highest BCUT2D eigenvalue weighted by atomic mass is 16.1. The molecule has 0 saturated heterocycles. The first-order valence-corrected chi connectivity index (χ1v) is 5.86. The van der Waals surface area contributed by atoms with Crippen LogP contribution in [-0.4, -0.2) is 5.91 Å². The maximum atomic E-state index is 11.3. The van der Waals surface area contributed by atoms with E-state index in [9.17, 15) is 4.79 Å². The summed E-state index contributed by atoms with van der Waals surface area (Å²) in [6, 6.07) is 10.4. The molecular formula is C14H17NO. The van der Waals surface area contributed by atoms with Gasteiger partial charge < -0.3 is 5.32 Å². The second-order valence-electron chi connectivity index (χ2n) is 4.24. The fourth-order valence-electron chi connectivity index (χ4n) is 1.96. The number of nitrogens with one attached hydrogen (secondary N) is 1. The summed E-state index contributed by atoms with van der Waals surface area (Å²) in [6.07, 6.45) is 6.71. The lowest BCUT2D eigenvalue weighted by Gasteiger charge is -2.12. The van der Waals surface area contributed by atoms with E-state index in [0.717, 1.165) is 25.7 Å². The normalized spacial score (nSPS) is 20.2. The Kier molecular flexibility index (Phi) is 3.76. The molecule has 1 amide bonds. The third kappa shape index (κ3) is 3.23. The van der Waals surface area contributed by atoms with E-state index in [1.165, 1.54) is 11.1 Å². The zero-order chi connectivity index (χ0) is 11.2. The van der Waals surface area contributed by atoms with Gasteiger partial charge in [0.05, 0.1) is 0 Å². The summed E-state index contributed by atoms with van der Waals surface area (Å²) in [6.45, 7) is 0. The molecule has 1 N–H and O–H groups in total. The lowest BCUT2D eigenvalue weighted by Crippen LogP contribution is -2.19. The Hall–Kier alpha value is -1.57. The molecule has 2 rings (SSSR count). The molecule has 0 unspecified atom stereocenters. The van der Waals surface area contributed by atoms with Gasteiger partial charge in [-0.05, 0) is 36.8 Å². The van der Waals surface area contributed by atoms with E-state index in [1.54, 1.807) is 0 Å². The van der Waals surface area contributed by atoms with Crippen LogP contribution in [0.2, 0.25) is 0 Å². The molecule has 1 aliphatic heterocycles. The Morgan fingerprint density at radius 1 is 1.06 bits per heavy atom. The first kappa shape index (κ1) is 10.9. The van der Waals surface area contributed by atoms with Crippen LogP contribution in [0.3, 0.4) is 0 Å². The van der Waals surface area contributed by atoms with E-state index in [0.29, 0.717) is 6.42 Å². The van der Waals surface area contributed by atoms with Crippen molar-refractivity contribution in [2.45, 2.75) is 32.1 Å². The summed E-state index contributed by atoms with van der Waals surface area (Å²) >= 11 is 0. The molecule has 2 nitrogen and oxygen atoms in total. The second kappa shape index (κ2) is 5.50. The van der Waals surface area contributed by atoms with Crippen molar-refractivity contribution in [2.75, 3.05) is 0 Å². The zero-order valence-electron chi connectivity index (χ0n) is 9.41. The minimum atomic E-state index is 0.144. The minimum Gasteiger partial charge on any atom is -0.333 e. The highest BCUT2D eigenvalue weighted by molar-refractivity contribution is 5.77. The first-order valence-electron chi connectivity index (χ1n) is 5.86. The molecule has 0 atom stereocenters. The number of allylic oxidation sites excluding steroid dienone is 1. The summed E-state index contributed by atoms with van der Waals surface area (Å²) in [4.78, 5) is 11.3. The number of carbonyl (C=O) groups is 1. The molecule has 84 valence electrons. The van der Waals surface area contributed by atoms with Gasteiger partial charge in [0.1, 0.15) is 0 Å². The van der Waals surface area contributed by atoms with E-state index in [2.05, 4.69) is 29.6 Å². The monoisotopic (exact) mass is 215 g/mol. The predicted molar refractivity (Wildman–Crippen MR) is 64.8 cm³/mol. The molecule has 0 aliphatic carbocycles. The average Bonchev–Trinajstić information content (AvgIpc) is 2.30. The van der Waals surface area contributed by atoms with Gasteiger partial charge >= 0.3 is 0 Å². The van der Waals surface area contributed by atoms with E-state index in [4.69, 9.17) is 0 Å². The van der Waals surface area contributed by atoms with Crippen LogP contribution in [0.5, 0.6) is 0 Å². The zero-order valence-corrected chi connectivity index (χ0v) is 9.41. The van der Waals surface area contributed by atoms with Crippen molar-refractivity contribution in [3.63, 3.8) is 0 Å². The van der Waals surface area contributed by atoms with Crippen LogP contribution in [0.4, 0.5) is 0 Å². The number of carbonyl (C=O) groups excluding carboxylic acids is 1. The fraction of sp³-hybridized carbons (Fsp3) is 0.357. The van der Waals surface area contributed by atoms with Crippen LogP contribution in [-0.2, 0) is 11.2 Å². The van der Waals surface area contributed by atoms with Crippen molar-refractivity contribution in [1.82, 2.24) is 5.32 Å². The van der Waals surface area contributed by atoms with Crippen molar-refractivity contribution in [1.29, 1.82) is 0 Å². The Morgan fingerprint density at radius 3 is 2.62 bits per heavy atom. The predicted octanol–water partition coefficient (Wildman–Crippen LogP) is 2.80. The average molecular weight is 215 g/mol. The van der Waals surface area contributed by atoms with Gasteiger partial charge in [-0.25, -0.2) is 0 Å². The summed E-state index contributed by atoms with van der Waals surface area (Å²) < 4.78 is 0. The fourth-order valence-corrected chi connectivity index (χ4v) is 1.96. The first-order chi connectivity index (χ1) is 7.84. The van der Waals surface area contributed by atoms with Gasteiger partial charge in [0.25, 0.3) is 0 Å². The van der Waals surface area contributed by atoms with Crippen LogP contribution in [0.25, 0.3) is 0 Å².